The van der Waals surface area contributed by atoms with Crippen molar-refractivity contribution in [1.82, 2.24) is 25.1 Å². The molecule has 5 rings (SSSR count). The van der Waals surface area contributed by atoms with Crippen molar-refractivity contribution in [3.63, 3.8) is 0 Å². The van der Waals surface area contributed by atoms with E-state index < -0.39 is 0 Å². The van der Waals surface area contributed by atoms with Crippen molar-refractivity contribution < 1.29 is 4.79 Å². The fraction of sp³-hybridized carbons (Fsp3) is 0.333. The highest BCUT2D eigenvalue weighted by atomic mass is 35.5. The summed E-state index contributed by atoms with van der Waals surface area (Å²) in [5.74, 6) is 0.801. The first kappa shape index (κ1) is 26.7. The summed E-state index contributed by atoms with van der Waals surface area (Å²) in [4.78, 5) is 36.6. The van der Waals surface area contributed by atoms with Gasteiger partial charge in [0.05, 0.1) is 21.8 Å². The van der Waals surface area contributed by atoms with Crippen molar-refractivity contribution >= 4 is 46.4 Å². The van der Waals surface area contributed by atoms with E-state index in [2.05, 4.69) is 15.4 Å². The first-order chi connectivity index (χ1) is 18.1. The minimum Gasteiger partial charge on any atom is -0.314 e. The van der Waals surface area contributed by atoms with E-state index in [0.29, 0.717) is 50.1 Å². The second kappa shape index (κ2) is 10.7. The molecule has 8 nitrogen and oxygen atoms in total. The van der Waals surface area contributed by atoms with Crippen LogP contribution in [0.5, 0.6) is 0 Å². The van der Waals surface area contributed by atoms with Gasteiger partial charge in [-0.25, -0.2) is 9.67 Å². The van der Waals surface area contributed by atoms with Crippen molar-refractivity contribution in [2.45, 2.75) is 45.1 Å². The number of rotatable bonds is 6. The molecule has 1 atom stereocenters. The number of H-pyrrole nitrogens is 1. The van der Waals surface area contributed by atoms with Gasteiger partial charge in [0.1, 0.15) is 17.1 Å². The van der Waals surface area contributed by atoms with Crippen LogP contribution in [0.1, 0.15) is 49.7 Å². The predicted molar refractivity (Wildman–Crippen MR) is 151 cm³/mol. The summed E-state index contributed by atoms with van der Waals surface area (Å²) in [6, 6.07) is 10.6. The van der Waals surface area contributed by atoms with E-state index in [9.17, 15) is 9.59 Å². The SMILES string of the molecule is CC(C)c1[nH]n(-c2c(Cl)cc(Cl)cc2Cl)c2nc(Cc3ccc(N(C)C(=O)[C@@H]4CCCN4)cc3)nc(=O)c1-2. The standard InChI is InChI=1S/C27H27Cl3N6O2/c1-14(2)23-22-25(36(34-23)24-18(29)12-16(28)13-19(24)30)32-21(33-26(22)37)11-15-6-8-17(9-7-15)35(3)27(38)20-5-4-10-31-20/h6-9,12-14,20,31,34H,4-5,10-11H2,1-3H3/t20-/m0/s1. The zero-order chi connectivity index (χ0) is 27.1. The summed E-state index contributed by atoms with van der Waals surface area (Å²) in [7, 11) is 1.78. The van der Waals surface area contributed by atoms with E-state index in [0.717, 1.165) is 30.6 Å². The van der Waals surface area contributed by atoms with Gasteiger partial charge in [0.2, 0.25) is 5.91 Å². The Kier molecular flexibility index (Phi) is 7.51. The van der Waals surface area contributed by atoms with Gasteiger partial charge in [-0.3, -0.25) is 14.7 Å². The number of benzene rings is 2. The molecular formula is C27H27Cl3N6O2. The summed E-state index contributed by atoms with van der Waals surface area (Å²) in [5, 5.41) is 7.53. The average Bonchev–Trinajstić information content (AvgIpc) is 3.52. The molecule has 0 saturated carbocycles. The molecule has 38 heavy (non-hydrogen) atoms. The zero-order valence-electron chi connectivity index (χ0n) is 21.2. The molecule has 198 valence electrons. The lowest BCUT2D eigenvalue weighted by Gasteiger charge is -2.21. The van der Waals surface area contributed by atoms with Gasteiger partial charge in [0.15, 0.2) is 5.82 Å². The van der Waals surface area contributed by atoms with Gasteiger partial charge in [-0.05, 0) is 55.1 Å². The molecule has 3 heterocycles. The molecule has 2 aromatic rings. The van der Waals surface area contributed by atoms with Crippen LogP contribution in [0.15, 0.2) is 41.2 Å². The molecule has 0 bridgehead atoms. The Hall–Kier alpha value is -2.91. The lowest BCUT2D eigenvalue weighted by atomic mass is 10.1. The Morgan fingerprint density at radius 3 is 2.42 bits per heavy atom. The molecule has 0 aromatic heterocycles. The molecule has 0 aliphatic carbocycles. The number of aromatic nitrogens is 4. The third-order valence-electron chi connectivity index (χ3n) is 6.77. The largest absolute Gasteiger partial charge is 0.314 e. The molecule has 3 aliphatic heterocycles. The molecule has 0 radical (unpaired) electrons. The first-order valence-electron chi connectivity index (χ1n) is 12.4. The third-order valence-corrected chi connectivity index (χ3v) is 7.57. The summed E-state index contributed by atoms with van der Waals surface area (Å²) < 4.78 is 1.62. The quantitative estimate of drug-likeness (QED) is 0.320. The van der Waals surface area contributed by atoms with Crippen molar-refractivity contribution in [1.29, 1.82) is 0 Å². The molecule has 1 saturated heterocycles. The Labute approximate surface area is 235 Å². The van der Waals surface area contributed by atoms with Crippen LogP contribution in [0.4, 0.5) is 5.69 Å². The first-order valence-corrected chi connectivity index (χ1v) is 13.5. The predicted octanol–water partition coefficient (Wildman–Crippen LogP) is 5.45. The van der Waals surface area contributed by atoms with Crippen molar-refractivity contribution in [2.24, 2.45) is 0 Å². The summed E-state index contributed by atoms with van der Waals surface area (Å²) in [6.45, 7) is 4.81. The summed E-state index contributed by atoms with van der Waals surface area (Å²) in [5.41, 5.74) is 2.85. The molecule has 0 spiro atoms. The van der Waals surface area contributed by atoms with Crippen LogP contribution in [-0.2, 0) is 11.2 Å². The zero-order valence-corrected chi connectivity index (χ0v) is 23.5. The van der Waals surface area contributed by atoms with E-state index in [-0.39, 0.29) is 23.4 Å². The number of hydrogen-bond donors (Lipinski definition) is 2. The summed E-state index contributed by atoms with van der Waals surface area (Å²) >= 11 is 19.1. The van der Waals surface area contributed by atoms with Gasteiger partial charge in [-0.1, -0.05) is 60.8 Å². The van der Waals surface area contributed by atoms with E-state index in [4.69, 9.17) is 39.8 Å². The maximum atomic E-state index is 13.2. The normalized spacial score (nSPS) is 15.5. The van der Waals surface area contributed by atoms with Crippen molar-refractivity contribution in [3.8, 4) is 17.1 Å². The number of halogens is 3. The lowest BCUT2D eigenvalue weighted by Crippen LogP contribution is -2.41. The Morgan fingerprint density at radius 1 is 1.13 bits per heavy atom. The van der Waals surface area contributed by atoms with E-state index in [1.807, 2.05) is 38.1 Å². The highest BCUT2D eigenvalue weighted by molar-refractivity contribution is 6.40. The number of carbonyl (C=O) groups excluding carboxylic acids is 1. The van der Waals surface area contributed by atoms with Crippen molar-refractivity contribution in [3.05, 3.63) is 78.9 Å². The number of amides is 1. The third kappa shape index (κ3) is 5.06. The number of nitrogens with one attached hydrogen (secondary N) is 2. The average molecular weight is 574 g/mol. The molecule has 2 aromatic carbocycles. The molecule has 1 amide bonds. The Balaban J connectivity index is 1.49. The van der Waals surface area contributed by atoms with Crippen LogP contribution in [0, 0.1) is 0 Å². The number of likely N-dealkylation sites (N-methyl/N-ethyl adjacent to an activating group) is 1. The molecule has 11 heteroatoms. The molecule has 3 aliphatic rings. The van der Waals surface area contributed by atoms with Crippen LogP contribution in [-0.4, -0.2) is 45.3 Å². The van der Waals surface area contributed by atoms with E-state index >= 15 is 0 Å². The van der Waals surface area contributed by atoms with Crippen LogP contribution in [0.25, 0.3) is 17.1 Å². The number of hydrogen-bond acceptors (Lipinski definition) is 5. The fourth-order valence-corrected chi connectivity index (χ4v) is 5.77. The van der Waals surface area contributed by atoms with Gasteiger partial charge < -0.3 is 10.2 Å². The van der Waals surface area contributed by atoms with Gasteiger partial charge in [-0.2, -0.15) is 4.98 Å². The molecule has 0 unspecified atom stereocenters. The second-order valence-corrected chi connectivity index (χ2v) is 11.0. The van der Waals surface area contributed by atoms with Crippen LogP contribution in [0.3, 0.4) is 0 Å². The minimum atomic E-state index is -0.379. The smallest absolute Gasteiger partial charge is 0.284 e. The number of nitrogens with zero attached hydrogens (tertiary/aromatic N) is 4. The van der Waals surface area contributed by atoms with Gasteiger partial charge in [0.25, 0.3) is 5.56 Å². The number of aromatic amines is 1. The monoisotopic (exact) mass is 572 g/mol. The van der Waals surface area contributed by atoms with Crippen LogP contribution in [0.2, 0.25) is 15.1 Å². The van der Waals surface area contributed by atoms with Gasteiger partial charge in [-0.15, -0.1) is 0 Å². The molecular weight excluding hydrogens is 547 g/mol. The number of carbonyl (C=O) groups is 1. The fourth-order valence-electron chi connectivity index (χ4n) is 4.78. The summed E-state index contributed by atoms with van der Waals surface area (Å²) in [6.07, 6.45) is 2.19. The highest BCUT2D eigenvalue weighted by Gasteiger charge is 2.28. The number of fused-ring (bicyclic) bond motifs is 1. The maximum absolute atomic E-state index is 13.2. The maximum Gasteiger partial charge on any atom is 0.284 e. The highest BCUT2D eigenvalue weighted by Crippen LogP contribution is 2.36. The Bertz CT molecular complexity index is 1500. The minimum absolute atomic E-state index is 0.00238. The van der Waals surface area contributed by atoms with Gasteiger partial charge in [0, 0.05) is 24.2 Å². The van der Waals surface area contributed by atoms with Crippen LogP contribution >= 0.6 is 34.8 Å². The van der Waals surface area contributed by atoms with E-state index in [1.165, 1.54) is 0 Å². The second-order valence-electron chi connectivity index (χ2n) is 9.77. The topological polar surface area (TPSA) is 95.9 Å². The van der Waals surface area contributed by atoms with Crippen molar-refractivity contribution in [2.75, 3.05) is 18.5 Å². The van der Waals surface area contributed by atoms with Crippen LogP contribution < -0.4 is 15.8 Å². The Morgan fingerprint density at radius 2 is 1.82 bits per heavy atom. The molecule has 1 fully saturated rings. The lowest BCUT2D eigenvalue weighted by molar-refractivity contribution is -0.119. The molecule has 2 N–H and O–H groups in total. The van der Waals surface area contributed by atoms with E-state index in [1.54, 1.807) is 28.8 Å². The number of anilines is 1. The van der Waals surface area contributed by atoms with Gasteiger partial charge >= 0.3 is 0 Å².